The van der Waals surface area contributed by atoms with Crippen molar-refractivity contribution < 1.29 is 34.1 Å². The number of Topliss-reactive ketones (excluding diaryl/α,β-unsaturated/α-hetero) is 2. The zero-order valence-electron chi connectivity index (χ0n) is 16.7. The quantitative estimate of drug-likeness (QED) is 0.385. The fourth-order valence-electron chi connectivity index (χ4n) is 3.30. The van der Waals surface area contributed by atoms with Crippen LogP contribution in [0.15, 0.2) is 12.1 Å². The first-order valence-corrected chi connectivity index (χ1v) is 9.14. The Hall–Kier alpha value is -2.91. The number of nitrogens with zero attached hydrogens (tertiary/aromatic N) is 1. The molecule has 1 aliphatic heterocycles. The van der Waals surface area contributed by atoms with Gasteiger partial charge in [-0.1, -0.05) is 0 Å². The van der Waals surface area contributed by atoms with Gasteiger partial charge in [-0.3, -0.25) is 9.59 Å². The molecule has 1 aromatic carbocycles. The van der Waals surface area contributed by atoms with E-state index in [9.17, 15) is 19.5 Å². The van der Waals surface area contributed by atoms with Crippen LogP contribution in [0.25, 0.3) is 10.9 Å². The maximum atomic E-state index is 12.6. The van der Waals surface area contributed by atoms with E-state index < -0.39 is 42.0 Å². The minimum absolute atomic E-state index is 0.00821. The highest BCUT2D eigenvalue weighted by atomic mass is 16.6. The van der Waals surface area contributed by atoms with E-state index in [0.717, 1.165) is 0 Å². The van der Waals surface area contributed by atoms with Crippen LogP contribution in [-0.2, 0) is 20.9 Å². The number of hydrogen-bond acceptors (Lipinski definition) is 8. The molecule has 0 aliphatic carbocycles. The summed E-state index contributed by atoms with van der Waals surface area (Å²) in [5, 5.41) is 19.4. The van der Waals surface area contributed by atoms with Gasteiger partial charge in [0.05, 0.1) is 41.4 Å². The van der Waals surface area contributed by atoms with Crippen LogP contribution < -0.4 is 10.5 Å². The molecule has 3 rings (SSSR count). The molecule has 9 heteroatoms. The van der Waals surface area contributed by atoms with Gasteiger partial charge in [0.25, 0.3) is 11.9 Å². The van der Waals surface area contributed by atoms with Crippen molar-refractivity contribution in [2.45, 2.75) is 52.0 Å². The third-order valence-electron chi connectivity index (χ3n) is 4.66. The third kappa shape index (κ3) is 3.58. The van der Waals surface area contributed by atoms with E-state index in [2.05, 4.69) is 0 Å². The number of aromatic nitrogens is 1. The molecule has 2 unspecified atom stereocenters. The number of esters is 1. The average Bonchev–Trinajstić information content (AvgIpc) is 2.87. The van der Waals surface area contributed by atoms with Gasteiger partial charge < -0.3 is 30.0 Å². The van der Waals surface area contributed by atoms with Gasteiger partial charge >= 0.3 is 5.97 Å². The van der Waals surface area contributed by atoms with Crippen molar-refractivity contribution in [3.63, 3.8) is 0 Å². The molecule has 2 aromatic rings. The summed E-state index contributed by atoms with van der Waals surface area (Å²) in [7, 11) is 0. The zero-order chi connectivity index (χ0) is 21.7. The summed E-state index contributed by atoms with van der Waals surface area (Å²) >= 11 is 0. The highest BCUT2D eigenvalue weighted by Crippen LogP contribution is 2.41. The molecule has 0 radical (unpaired) electrons. The Balaban J connectivity index is 2.14. The van der Waals surface area contributed by atoms with Gasteiger partial charge in [-0.2, -0.15) is 0 Å². The maximum absolute atomic E-state index is 12.6. The number of carbonyl (C=O) groups excluding carboxylic acids is 3. The van der Waals surface area contributed by atoms with Crippen LogP contribution >= 0.6 is 0 Å². The molecule has 9 nitrogen and oxygen atoms in total. The van der Waals surface area contributed by atoms with Crippen molar-refractivity contribution in [3.05, 3.63) is 23.4 Å². The largest absolute Gasteiger partial charge is 0.469 e. The summed E-state index contributed by atoms with van der Waals surface area (Å²) in [5.74, 6) is -2.79. The predicted octanol–water partition coefficient (Wildman–Crippen LogP) is 0.740. The lowest BCUT2D eigenvalue weighted by Gasteiger charge is -2.27. The molecule has 0 spiro atoms. The van der Waals surface area contributed by atoms with Crippen LogP contribution in [0, 0.1) is 6.92 Å². The summed E-state index contributed by atoms with van der Waals surface area (Å²) in [6.07, 6.45) is -2.73. The minimum Gasteiger partial charge on any atom is -0.469 e. The number of carbonyl (C=O) groups is 3. The fraction of sp³-hybridized carbons (Fsp3) is 0.450. The minimum atomic E-state index is -1.72. The molecule has 29 heavy (non-hydrogen) atoms. The number of hydrogen-bond donors (Lipinski definition) is 3. The molecule has 2 heterocycles. The molecule has 156 valence electrons. The third-order valence-corrected chi connectivity index (χ3v) is 4.66. The van der Waals surface area contributed by atoms with Crippen LogP contribution in [0.1, 0.15) is 36.8 Å². The smallest absolute Gasteiger partial charge is 0.356 e. The van der Waals surface area contributed by atoms with E-state index in [1.165, 1.54) is 6.07 Å². The Morgan fingerprint density at radius 1 is 1.34 bits per heavy atom. The number of nitrogen functional groups attached to an aromatic ring is 1. The van der Waals surface area contributed by atoms with E-state index >= 15 is 0 Å². The first-order chi connectivity index (χ1) is 13.5. The standard InChI is InChI=1S/C20H24N2O7/c1-9-14(21)13-12(22(9)7-10(24)8-23)6-5-11-15(25)16(26)18(28-17(11)13)19(27)29-20(2,3)4/h5-6,10,18,23-24H,7-8,21H2,1-4H3. The molecule has 2 atom stereocenters. The number of aliphatic hydroxyl groups is 2. The first-order valence-electron chi connectivity index (χ1n) is 9.14. The van der Waals surface area contributed by atoms with E-state index in [-0.39, 0.29) is 23.5 Å². The molecule has 0 bridgehead atoms. The van der Waals surface area contributed by atoms with Crippen LogP contribution in [0.2, 0.25) is 0 Å². The normalized spacial score (nSPS) is 17.8. The molecule has 0 amide bonds. The average molecular weight is 404 g/mol. The Bertz CT molecular complexity index is 1020. The van der Waals surface area contributed by atoms with Gasteiger partial charge in [-0.25, -0.2) is 4.79 Å². The molecule has 4 N–H and O–H groups in total. The Labute approximate surface area is 167 Å². The Morgan fingerprint density at radius 3 is 2.59 bits per heavy atom. The van der Waals surface area contributed by atoms with Gasteiger partial charge in [-0.05, 0) is 39.8 Å². The second kappa shape index (κ2) is 7.16. The van der Waals surface area contributed by atoms with Crippen LogP contribution in [0.4, 0.5) is 5.69 Å². The molecule has 0 saturated carbocycles. The zero-order valence-corrected chi connectivity index (χ0v) is 16.7. The van der Waals surface area contributed by atoms with Gasteiger partial charge in [0, 0.05) is 5.69 Å². The lowest BCUT2D eigenvalue weighted by molar-refractivity contribution is -0.165. The summed E-state index contributed by atoms with van der Waals surface area (Å²) in [5.41, 5.74) is 6.78. The molecule has 0 saturated heterocycles. The number of ketones is 2. The highest BCUT2D eigenvalue weighted by molar-refractivity contribution is 6.49. The predicted molar refractivity (Wildman–Crippen MR) is 104 cm³/mol. The number of rotatable bonds is 4. The second-order valence-corrected chi connectivity index (χ2v) is 8.01. The van der Waals surface area contributed by atoms with Crippen molar-refractivity contribution in [1.29, 1.82) is 0 Å². The lowest BCUT2D eigenvalue weighted by atomic mass is 9.97. The summed E-state index contributed by atoms with van der Waals surface area (Å²) in [6, 6.07) is 3.01. The van der Waals surface area contributed by atoms with Gasteiger partial charge in [0.1, 0.15) is 11.4 Å². The number of nitrogens with two attached hydrogens (primary N) is 1. The molecule has 1 aliphatic rings. The fourth-order valence-corrected chi connectivity index (χ4v) is 3.30. The monoisotopic (exact) mass is 404 g/mol. The Kier molecular flexibility index (Phi) is 5.14. The number of benzene rings is 1. The summed E-state index contributed by atoms with van der Waals surface area (Å²) in [6.45, 7) is 6.26. The van der Waals surface area contributed by atoms with Crippen LogP contribution in [0.3, 0.4) is 0 Å². The van der Waals surface area contributed by atoms with Crippen molar-refractivity contribution in [2.75, 3.05) is 12.3 Å². The number of ether oxygens (including phenoxy) is 2. The molecular formula is C20H24N2O7. The SMILES string of the molecule is Cc1c(N)c2c3c(ccc2n1CC(O)CO)C(=O)C(=O)C(C(=O)OC(C)(C)C)O3. The van der Waals surface area contributed by atoms with Crippen LogP contribution in [-0.4, -0.2) is 56.7 Å². The van der Waals surface area contributed by atoms with Gasteiger partial charge in [0.15, 0.2) is 0 Å². The van der Waals surface area contributed by atoms with Crippen molar-refractivity contribution in [3.8, 4) is 5.75 Å². The van der Waals surface area contributed by atoms with Crippen molar-refractivity contribution in [1.82, 2.24) is 4.57 Å². The Morgan fingerprint density at radius 2 is 2.00 bits per heavy atom. The highest BCUT2D eigenvalue weighted by Gasteiger charge is 2.43. The van der Waals surface area contributed by atoms with Gasteiger partial charge in [-0.15, -0.1) is 0 Å². The molecule has 1 aromatic heterocycles. The van der Waals surface area contributed by atoms with E-state index in [1.54, 1.807) is 38.3 Å². The number of fused-ring (bicyclic) bond motifs is 3. The molecular weight excluding hydrogens is 380 g/mol. The first kappa shape index (κ1) is 20.8. The van der Waals surface area contributed by atoms with E-state index in [1.807, 2.05) is 0 Å². The number of anilines is 1. The maximum Gasteiger partial charge on any atom is 0.356 e. The van der Waals surface area contributed by atoms with Crippen molar-refractivity contribution in [2.24, 2.45) is 0 Å². The number of aliphatic hydroxyl groups excluding tert-OH is 2. The lowest BCUT2D eigenvalue weighted by Crippen LogP contribution is -2.46. The topological polar surface area (TPSA) is 141 Å². The van der Waals surface area contributed by atoms with Gasteiger partial charge in [0.2, 0.25) is 5.78 Å². The summed E-state index contributed by atoms with van der Waals surface area (Å²) < 4.78 is 12.6. The van der Waals surface area contributed by atoms with E-state index in [4.69, 9.17) is 20.3 Å². The molecule has 0 fully saturated rings. The van der Waals surface area contributed by atoms with Crippen LogP contribution in [0.5, 0.6) is 5.75 Å². The van der Waals surface area contributed by atoms with E-state index in [0.29, 0.717) is 16.6 Å². The summed E-state index contributed by atoms with van der Waals surface area (Å²) in [4.78, 5) is 37.5. The second-order valence-electron chi connectivity index (χ2n) is 8.01. The van der Waals surface area contributed by atoms with Crippen molar-refractivity contribution >= 4 is 34.1 Å².